The molecule has 4 heteroatoms. The Morgan fingerprint density at radius 1 is 1.53 bits per heavy atom. The Morgan fingerprint density at radius 2 is 2.29 bits per heavy atom. The Labute approximate surface area is 102 Å². The Kier molecular flexibility index (Phi) is 5.63. The second-order valence-corrected chi connectivity index (χ2v) is 3.87. The SMILES string of the molecule is CCOCC(=O)NC(CC)c1ncccc1C. The summed E-state index contributed by atoms with van der Waals surface area (Å²) in [6, 6.07) is 3.86. The molecule has 1 atom stereocenters. The zero-order valence-electron chi connectivity index (χ0n) is 10.7. The Hall–Kier alpha value is -1.42. The average molecular weight is 236 g/mol. The molecule has 0 saturated heterocycles. The molecule has 94 valence electrons. The normalized spacial score (nSPS) is 12.2. The molecule has 0 saturated carbocycles. The van der Waals surface area contributed by atoms with Gasteiger partial charge >= 0.3 is 0 Å². The molecule has 0 radical (unpaired) electrons. The van der Waals surface area contributed by atoms with Gasteiger partial charge in [-0.05, 0) is 31.9 Å². The number of ether oxygens (including phenoxy) is 1. The van der Waals surface area contributed by atoms with Crippen molar-refractivity contribution in [2.75, 3.05) is 13.2 Å². The lowest BCUT2D eigenvalue weighted by Gasteiger charge is -2.18. The molecule has 1 amide bonds. The van der Waals surface area contributed by atoms with Gasteiger partial charge in [0.1, 0.15) is 6.61 Å². The highest BCUT2D eigenvalue weighted by molar-refractivity contribution is 5.77. The number of rotatable bonds is 6. The van der Waals surface area contributed by atoms with Crippen LogP contribution < -0.4 is 5.32 Å². The standard InChI is InChI=1S/C13H20N2O2/c1-4-11(15-12(16)9-17-5-2)13-10(3)7-6-8-14-13/h6-8,11H,4-5,9H2,1-3H3,(H,15,16). The first kappa shape index (κ1) is 13.6. The summed E-state index contributed by atoms with van der Waals surface area (Å²) in [4.78, 5) is 15.9. The molecule has 17 heavy (non-hydrogen) atoms. The van der Waals surface area contributed by atoms with E-state index in [1.54, 1.807) is 6.20 Å². The summed E-state index contributed by atoms with van der Waals surface area (Å²) in [5.74, 6) is -0.0937. The number of pyridine rings is 1. The summed E-state index contributed by atoms with van der Waals surface area (Å²) >= 11 is 0. The van der Waals surface area contributed by atoms with Crippen molar-refractivity contribution in [2.45, 2.75) is 33.2 Å². The van der Waals surface area contributed by atoms with E-state index in [-0.39, 0.29) is 18.6 Å². The van der Waals surface area contributed by atoms with Gasteiger partial charge in [-0.3, -0.25) is 9.78 Å². The Morgan fingerprint density at radius 3 is 2.88 bits per heavy atom. The fraction of sp³-hybridized carbons (Fsp3) is 0.538. The van der Waals surface area contributed by atoms with Crippen molar-refractivity contribution in [2.24, 2.45) is 0 Å². The minimum Gasteiger partial charge on any atom is -0.372 e. The quantitative estimate of drug-likeness (QED) is 0.821. The van der Waals surface area contributed by atoms with Crippen LogP contribution in [0.25, 0.3) is 0 Å². The van der Waals surface area contributed by atoms with Gasteiger partial charge in [0.25, 0.3) is 0 Å². The summed E-state index contributed by atoms with van der Waals surface area (Å²) in [6.45, 7) is 6.55. The highest BCUT2D eigenvalue weighted by Crippen LogP contribution is 2.17. The van der Waals surface area contributed by atoms with Gasteiger partial charge in [-0.1, -0.05) is 13.0 Å². The largest absolute Gasteiger partial charge is 0.372 e. The van der Waals surface area contributed by atoms with Crippen LogP contribution in [0.5, 0.6) is 0 Å². The summed E-state index contributed by atoms with van der Waals surface area (Å²) in [7, 11) is 0. The Bertz CT molecular complexity index is 366. The lowest BCUT2D eigenvalue weighted by Crippen LogP contribution is -2.32. The maximum atomic E-state index is 11.6. The fourth-order valence-corrected chi connectivity index (χ4v) is 1.66. The first-order valence-electron chi connectivity index (χ1n) is 5.97. The van der Waals surface area contributed by atoms with Crippen LogP contribution in [0.1, 0.15) is 37.6 Å². The van der Waals surface area contributed by atoms with E-state index >= 15 is 0 Å². The van der Waals surface area contributed by atoms with Crippen molar-refractivity contribution in [1.29, 1.82) is 0 Å². The number of aromatic nitrogens is 1. The Balaban J connectivity index is 2.66. The number of nitrogens with one attached hydrogen (secondary N) is 1. The molecule has 0 aliphatic heterocycles. The zero-order chi connectivity index (χ0) is 12.7. The number of carbonyl (C=O) groups excluding carboxylic acids is 1. The van der Waals surface area contributed by atoms with Crippen LogP contribution >= 0.6 is 0 Å². The third kappa shape index (κ3) is 4.15. The van der Waals surface area contributed by atoms with Crippen LogP contribution in [0.4, 0.5) is 0 Å². The molecule has 1 N–H and O–H groups in total. The van der Waals surface area contributed by atoms with Crippen molar-refractivity contribution in [3.63, 3.8) is 0 Å². The van der Waals surface area contributed by atoms with E-state index in [1.807, 2.05) is 32.9 Å². The van der Waals surface area contributed by atoms with Crippen molar-refractivity contribution in [1.82, 2.24) is 10.3 Å². The molecule has 0 bridgehead atoms. The number of hydrogen-bond donors (Lipinski definition) is 1. The van der Waals surface area contributed by atoms with Crippen LogP contribution in [0.2, 0.25) is 0 Å². The van der Waals surface area contributed by atoms with E-state index in [1.165, 1.54) is 0 Å². The molecule has 0 aliphatic rings. The van der Waals surface area contributed by atoms with Crippen molar-refractivity contribution < 1.29 is 9.53 Å². The lowest BCUT2D eigenvalue weighted by molar-refractivity contribution is -0.126. The first-order valence-corrected chi connectivity index (χ1v) is 5.97. The van der Waals surface area contributed by atoms with Crippen LogP contribution in [0.15, 0.2) is 18.3 Å². The van der Waals surface area contributed by atoms with E-state index in [9.17, 15) is 4.79 Å². The highest BCUT2D eigenvalue weighted by Gasteiger charge is 2.15. The predicted octanol–water partition coefficient (Wildman–Crippen LogP) is 1.99. The minimum atomic E-state index is -0.0937. The van der Waals surface area contributed by atoms with Gasteiger partial charge in [0.2, 0.25) is 5.91 Å². The maximum Gasteiger partial charge on any atom is 0.246 e. The van der Waals surface area contributed by atoms with Crippen LogP contribution in [-0.4, -0.2) is 24.1 Å². The van der Waals surface area contributed by atoms with Gasteiger partial charge in [-0.2, -0.15) is 0 Å². The van der Waals surface area contributed by atoms with Gasteiger partial charge in [0.05, 0.1) is 11.7 Å². The van der Waals surface area contributed by atoms with Crippen LogP contribution in [0, 0.1) is 6.92 Å². The maximum absolute atomic E-state index is 11.6. The molecular formula is C13H20N2O2. The number of aryl methyl sites for hydroxylation is 1. The summed E-state index contributed by atoms with van der Waals surface area (Å²) in [6.07, 6.45) is 2.56. The molecule has 0 fully saturated rings. The summed E-state index contributed by atoms with van der Waals surface area (Å²) in [5.41, 5.74) is 2.02. The average Bonchev–Trinajstić information content (AvgIpc) is 2.34. The van der Waals surface area contributed by atoms with Crippen LogP contribution in [0.3, 0.4) is 0 Å². The molecule has 0 aliphatic carbocycles. The third-order valence-corrected chi connectivity index (χ3v) is 2.56. The van der Waals surface area contributed by atoms with E-state index in [2.05, 4.69) is 10.3 Å². The summed E-state index contributed by atoms with van der Waals surface area (Å²) in [5, 5.41) is 2.93. The second-order valence-electron chi connectivity index (χ2n) is 3.87. The number of hydrogen-bond acceptors (Lipinski definition) is 3. The van der Waals surface area contributed by atoms with Crippen molar-refractivity contribution in [3.05, 3.63) is 29.6 Å². The highest BCUT2D eigenvalue weighted by atomic mass is 16.5. The molecule has 1 aromatic heterocycles. The van der Waals surface area contributed by atoms with Crippen LogP contribution in [-0.2, 0) is 9.53 Å². The van der Waals surface area contributed by atoms with Gasteiger partial charge < -0.3 is 10.1 Å². The minimum absolute atomic E-state index is 0.0378. The molecular weight excluding hydrogens is 216 g/mol. The molecule has 1 unspecified atom stereocenters. The van der Waals surface area contributed by atoms with Gasteiger partial charge in [0.15, 0.2) is 0 Å². The molecule has 0 aromatic carbocycles. The van der Waals surface area contributed by atoms with E-state index in [0.717, 1.165) is 17.7 Å². The third-order valence-electron chi connectivity index (χ3n) is 2.56. The van der Waals surface area contributed by atoms with E-state index in [0.29, 0.717) is 6.61 Å². The van der Waals surface area contributed by atoms with Crippen molar-refractivity contribution >= 4 is 5.91 Å². The molecule has 1 rings (SSSR count). The number of carbonyl (C=O) groups is 1. The van der Waals surface area contributed by atoms with Gasteiger partial charge in [0, 0.05) is 12.8 Å². The van der Waals surface area contributed by atoms with Crippen molar-refractivity contribution in [3.8, 4) is 0 Å². The molecule has 1 aromatic rings. The first-order chi connectivity index (χ1) is 8.19. The monoisotopic (exact) mass is 236 g/mol. The topological polar surface area (TPSA) is 51.2 Å². The molecule has 1 heterocycles. The molecule has 0 spiro atoms. The summed E-state index contributed by atoms with van der Waals surface area (Å²) < 4.78 is 5.07. The van der Waals surface area contributed by atoms with E-state index in [4.69, 9.17) is 4.74 Å². The number of amides is 1. The van der Waals surface area contributed by atoms with E-state index < -0.39 is 0 Å². The van der Waals surface area contributed by atoms with Gasteiger partial charge in [-0.25, -0.2) is 0 Å². The smallest absolute Gasteiger partial charge is 0.246 e. The predicted molar refractivity (Wildman–Crippen MR) is 66.6 cm³/mol. The zero-order valence-corrected chi connectivity index (χ0v) is 10.7. The second kappa shape index (κ2) is 7.01. The van der Waals surface area contributed by atoms with Gasteiger partial charge in [-0.15, -0.1) is 0 Å². The lowest BCUT2D eigenvalue weighted by atomic mass is 10.1. The fourth-order valence-electron chi connectivity index (χ4n) is 1.66. The number of nitrogens with zero attached hydrogens (tertiary/aromatic N) is 1. The molecule has 4 nitrogen and oxygen atoms in total.